The summed E-state index contributed by atoms with van der Waals surface area (Å²) < 4.78 is 1.46. The molecule has 226 valence electrons. The van der Waals surface area contributed by atoms with Gasteiger partial charge in [-0.05, 0) is 28.4 Å². The fraction of sp³-hybridized carbons (Fsp3) is 0.452. The van der Waals surface area contributed by atoms with E-state index in [-0.39, 0.29) is 10.8 Å². The van der Waals surface area contributed by atoms with E-state index in [1.807, 2.05) is 0 Å². The summed E-state index contributed by atoms with van der Waals surface area (Å²) in [7, 11) is 0. The zero-order chi connectivity index (χ0) is 32.3. The molecule has 0 spiro atoms. The molecule has 1 unspecified atom stereocenters. The Labute approximate surface area is 279 Å². The molecule has 0 bridgehead atoms. The first kappa shape index (κ1) is 35.4. The predicted octanol–water partition coefficient (Wildman–Crippen LogP) is 11.5. The molecular formula is C42H54Zr. The monoisotopic (exact) mass is 648 g/mol. The van der Waals surface area contributed by atoms with Crippen molar-refractivity contribution in [2.75, 3.05) is 0 Å². The minimum atomic E-state index is 0.167. The van der Waals surface area contributed by atoms with Crippen LogP contribution in [0, 0.1) is 30.4 Å². The summed E-state index contributed by atoms with van der Waals surface area (Å²) in [6, 6.07) is 23.8. The molecule has 1 atom stereocenters. The summed E-state index contributed by atoms with van der Waals surface area (Å²) in [5, 5.41) is 0. The zero-order valence-electron chi connectivity index (χ0n) is 29.3. The number of fused-ring (bicyclic) bond motifs is 3. The van der Waals surface area contributed by atoms with Crippen LogP contribution in [0.2, 0.25) is 0 Å². The molecule has 2 aliphatic rings. The molecule has 0 N–H and O–H groups in total. The van der Waals surface area contributed by atoms with Gasteiger partial charge in [0.2, 0.25) is 0 Å². The summed E-state index contributed by atoms with van der Waals surface area (Å²) in [5.41, 5.74) is 14.6. The van der Waals surface area contributed by atoms with Crippen LogP contribution in [0.15, 0.2) is 71.8 Å². The fourth-order valence-corrected chi connectivity index (χ4v) is 5.98. The Morgan fingerprint density at radius 1 is 0.814 bits per heavy atom. The van der Waals surface area contributed by atoms with Gasteiger partial charge in [0.05, 0.1) is 0 Å². The van der Waals surface area contributed by atoms with Gasteiger partial charge in [0.25, 0.3) is 0 Å². The molecule has 0 aromatic heterocycles. The third-order valence-electron chi connectivity index (χ3n) is 8.25. The van der Waals surface area contributed by atoms with Gasteiger partial charge in [0, 0.05) is 0 Å². The molecular weight excluding hydrogens is 596 g/mol. The molecule has 0 radical (unpaired) electrons. The average Bonchev–Trinajstić information content (AvgIpc) is 3.48. The van der Waals surface area contributed by atoms with E-state index in [1.165, 1.54) is 83.1 Å². The van der Waals surface area contributed by atoms with Gasteiger partial charge in [0.1, 0.15) is 0 Å². The van der Waals surface area contributed by atoms with E-state index in [1.54, 1.807) is 0 Å². The maximum absolute atomic E-state index is 3.67. The maximum atomic E-state index is 3.67. The van der Waals surface area contributed by atoms with Crippen LogP contribution in [0.5, 0.6) is 0 Å². The van der Waals surface area contributed by atoms with Gasteiger partial charge in [-0.15, -0.1) is 11.1 Å². The topological polar surface area (TPSA) is 0 Å². The molecule has 2 aliphatic carbocycles. The standard InChI is InChI=1S/C21H25.C12H19.C9H10.Zr/c1-20(2,3)16-7-9-18-14(12-16)11-15-13-17(21(4,5)6)8-10-19(15)18;1-6-10-7-9(2)8-11(10)12(3,4)5;1-3-9-6-4-8(2)5-7-9;/h7-10,12H,11H2,1-6H3;8-9H,6H2,1-5H3;4-7H,1-2H3;/q2*-1;;+2. The van der Waals surface area contributed by atoms with E-state index in [4.69, 9.17) is 0 Å². The first-order valence-corrected chi connectivity index (χ1v) is 17.2. The SMILES string of the molecule is CC(C)(C)c1[c-]c2c(cc1)-c1ccc(C(C)(C)C)cc1C2.CCC1=[C-]C(C)C=C1C(C)(C)C.C[C](=[Zr+2])c1ccc(C)cc1. The van der Waals surface area contributed by atoms with Gasteiger partial charge < -0.3 is 0 Å². The van der Waals surface area contributed by atoms with Crippen molar-refractivity contribution in [3.63, 3.8) is 0 Å². The molecule has 43 heavy (non-hydrogen) atoms. The van der Waals surface area contributed by atoms with Crippen molar-refractivity contribution in [3.8, 4) is 11.1 Å². The van der Waals surface area contributed by atoms with Crippen molar-refractivity contribution in [1.82, 2.24) is 0 Å². The molecule has 0 amide bonds. The minimum absolute atomic E-state index is 0.167. The Morgan fingerprint density at radius 2 is 1.42 bits per heavy atom. The van der Waals surface area contributed by atoms with E-state index in [2.05, 4.69) is 163 Å². The Balaban J connectivity index is 0.000000195. The van der Waals surface area contributed by atoms with Crippen molar-refractivity contribution in [2.24, 2.45) is 11.3 Å². The molecule has 5 rings (SSSR count). The van der Waals surface area contributed by atoms with E-state index in [0.29, 0.717) is 11.3 Å². The molecule has 0 fully saturated rings. The van der Waals surface area contributed by atoms with Crippen LogP contribution in [0.25, 0.3) is 11.1 Å². The van der Waals surface area contributed by atoms with Crippen molar-refractivity contribution < 1.29 is 24.2 Å². The van der Waals surface area contributed by atoms with Gasteiger partial charge >= 0.3 is 76.7 Å². The Kier molecular flexibility index (Phi) is 11.4. The van der Waals surface area contributed by atoms with Crippen molar-refractivity contribution in [2.45, 2.75) is 114 Å². The zero-order valence-corrected chi connectivity index (χ0v) is 31.7. The molecule has 0 saturated heterocycles. The van der Waals surface area contributed by atoms with E-state index in [0.717, 1.165) is 12.8 Å². The van der Waals surface area contributed by atoms with E-state index >= 15 is 0 Å². The number of hydrogen-bond acceptors (Lipinski definition) is 0. The van der Waals surface area contributed by atoms with Crippen LogP contribution in [-0.2, 0) is 41.5 Å². The molecule has 0 aliphatic heterocycles. The number of hydrogen-bond donors (Lipinski definition) is 0. The second-order valence-corrected chi connectivity index (χ2v) is 17.2. The van der Waals surface area contributed by atoms with Crippen LogP contribution < -0.4 is 0 Å². The summed E-state index contributed by atoms with van der Waals surface area (Å²) in [5.74, 6) is 0.522. The quantitative estimate of drug-likeness (QED) is 0.190. The van der Waals surface area contributed by atoms with Gasteiger partial charge in [-0.1, -0.05) is 118 Å². The van der Waals surface area contributed by atoms with Crippen molar-refractivity contribution in [3.05, 3.63) is 117 Å². The average molecular weight is 650 g/mol. The number of aryl methyl sites for hydroxylation is 1. The number of rotatable bonds is 2. The van der Waals surface area contributed by atoms with Crippen molar-refractivity contribution in [1.29, 1.82) is 0 Å². The molecule has 0 nitrogen and oxygen atoms in total. The van der Waals surface area contributed by atoms with Crippen LogP contribution in [0.4, 0.5) is 0 Å². The number of allylic oxidation sites excluding steroid dienone is 4. The van der Waals surface area contributed by atoms with Crippen molar-refractivity contribution >= 4 is 3.21 Å². The van der Waals surface area contributed by atoms with Gasteiger partial charge in [-0.25, -0.2) is 5.57 Å². The van der Waals surface area contributed by atoms with E-state index < -0.39 is 0 Å². The molecule has 0 heterocycles. The fourth-order valence-electron chi connectivity index (χ4n) is 5.57. The first-order chi connectivity index (χ1) is 19.8. The number of benzene rings is 3. The second kappa shape index (κ2) is 13.9. The molecule has 3 aromatic carbocycles. The first-order valence-electron chi connectivity index (χ1n) is 16.0. The van der Waals surface area contributed by atoms with Crippen LogP contribution in [0.3, 0.4) is 0 Å². The third kappa shape index (κ3) is 9.44. The Bertz CT molecular complexity index is 1430. The van der Waals surface area contributed by atoms with Gasteiger partial charge in [-0.3, -0.25) is 6.08 Å². The third-order valence-corrected chi connectivity index (χ3v) is 8.96. The summed E-state index contributed by atoms with van der Waals surface area (Å²) in [6.07, 6.45) is 7.98. The Morgan fingerprint density at radius 3 is 1.91 bits per heavy atom. The molecule has 0 saturated carbocycles. The molecule has 1 heteroatoms. The Hall–Kier alpha value is -2.11. The normalized spacial score (nSPS) is 15.7. The summed E-state index contributed by atoms with van der Waals surface area (Å²) in [6.45, 7) is 29.1. The summed E-state index contributed by atoms with van der Waals surface area (Å²) in [4.78, 5) is 0. The van der Waals surface area contributed by atoms with Crippen LogP contribution >= 0.6 is 0 Å². The van der Waals surface area contributed by atoms with Crippen LogP contribution in [-0.4, -0.2) is 3.21 Å². The van der Waals surface area contributed by atoms with E-state index in [9.17, 15) is 0 Å². The predicted molar refractivity (Wildman–Crippen MR) is 186 cm³/mol. The van der Waals surface area contributed by atoms with Crippen LogP contribution in [0.1, 0.15) is 123 Å². The molecule has 3 aromatic rings. The van der Waals surface area contributed by atoms with Gasteiger partial charge in [-0.2, -0.15) is 35.4 Å². The second-order valence-electron chi connectivity index (χ2n) is 15.4. The summed E-state index contributed by atoms with van der Waals surface area (Å²) >= 11 is 1.51. The van der Waals surface area contributed by atoms with Gasteiger partial charge in [0.15, 0.2) is 0 Å².